The lowest BCUT2D eigenvalue weighted by Gasteiger charge is -2.02. The summed E-state index contributed by atoms with van der Waals surface area (Å²) >= 11 is 0. The van der Waals surface area contributed by atoms with Crippen molar-refractivity contribution >= 4 is 17.4 Å². The highest BCUT2D eigenvalue weighted by atomic mass is 16.1. The number of nitrogens with one attached hydrogen (secondary N) is 2. The van der Waals surface area contributed by atoms with Crippen molar-refractivity contribution in [3.05, 3.63) is 30.2 Å². The summed E-state index contributed by atoms with van der Waals surface area (Å²) < 4.78 is 1.80. The van der Waals surface area contributed by atoms with Crippen molar-refractivity contribution in [1.82, 2.24) is 25.3 Å². The number of carbonyl (C=O) groups is 1. The van der Waals surface area contributed by atoms with Gasteiger partial charge in [0.15, 0.2) is 11.5 Å². The number of rotatable bonds is 4. The zero-order chi connectivity index (χ0) is 13.0. The standard InChI is InChI=1S/C11H14N6O/c1-3-17-7-8(6-13-17)14-10-5-4-9(15-16-10)11(18)12-2/h4-7H,3H2,1-2H3,(H,12,18)(H,14,16). The maximum absolute atomic E-state index is 11.3. The van der Waals surface area contributed by atoms with Crippen LogP contribution in [0.1, 0.15) is 17.4 Å². The van der Waals surface area contributed by atoms with Gasteiger partial charge in [-0.2, -0.15) is 5.10 Å². The first kappa shape index (κ1) is 12.0. The molecule has 2 rings (SSSR count). The first-order chi connectivity index (χ1) is 8.72. The van der Waals surface area contributed by atoms with Gasteiger partial charge in [-0.1, -0.05) is 0 Å². The molecule has 0 saturated heterocycles. The number of hydrogen-bond donors (Lipinski definition) is 2. The van der Waals surface area contributed by atoms with Crippen LogP contribution in [0.2, 0.25) is 0 Å². The molecule has 0 aliphatic rings. The first-order valence-corrected chi connectivity index (χ1v) is 5.58. The van der Waals surface area contributed by atoms with Crippen molar-refractivity contribution in [3.8, 4) is 0 Å². The summed E-state index contributed by atoms with van der Waals surface area (Å²) in [6, 6.07) is 3.30. The fraction of sp³-hybridized carbons (Fsp3) is 0.273. The molecule has 0 aliphatic carbocycles. The maximum Gasteiger partial charge on any atom is 0.271 e. The topological polar surface area (TPSA) is 84.7 Å². The lowest BCUT2D eigenvalue weighted by molar-refractivity contribution is 0.0957. The van der Waals surface area contributed by atoms with Crippen LogP contribution in [0.3, 0.4) is 0 Å². The van der Waals surface area contributed by atoms with Crippen LogP contribution in [-0.2, 0) is 6.54 Å². The summed E-state index contributed by atoms with van der Waals surface area (Å²) in [4.78, 5) is 11.3. The van der Waals surface area contributed by atoms with Gasteiger partial charge in [0.25, 0.3) is 5.91 Å². The minimum Gasteiger partial charge on any atom is -0.354 e. The Hall–Kier alpha value is -2.44. The zero-order valence-corrected chi connectivity index (χ0v) is 10.2. The second-order valence-corrected chi connectivity index (χ2v) is 3.59. The molecule has 2 aromatic heterocycles. The van der Waals surface area contributed by atoms with E-state index in [9.17, 15) is 4.79 Å². The molecular formula is C11H14N6O. The fourth-order valence-electron chi connectivity index (χ4n) is 1.40. The van der Waals surface area contributed by atoms with E-state index in [0.717, 1.165) is 12.2 Å². The maximum atomic E-state index is 11.3. The highest BCUT2D eigenvalue weighted by Gasteiger charge is 2.06. The van der Waals surface area contributed by atoms with E-state index < -0.39 is 0 Å². The number of hydrogen-bond acceptors (Lipinski definition) is 5. The molecule has 7 heteroatoms. The Kier molecular flexibility index (Phi) is 3.52. The van der Waals surface area contributed by atoms with Crippen molar-refractivity contribution in [3.63, 3.8) is 0 Å². The van der Waals surface area contributed by atoms with Gasteiger partial charge in [-0.25, -0.2) is 0 Å². The second kappa shape index (κ2) is 5.26. The van der Waals surface area contributed by atoms with Crippen LogP contribution in [0.5, 0.6) is 0 Å². The van der Waals surface area contributed by atoms with E-state index in [4.69, 9.17) is 0 Å². The monoisotopic (exact) mass is 246 g/mol. The van der Waals surface area contributed by atoms with Gasteiger partial charge in [0.1, 0.15) is 0 Å². The Bertz CT molecular complexity index is 533. The second-order valence-electron chi connectivity index (χ2n) is 3.59. The van der Waals surface area contributed by atoms with Crippen molar-refractivity contribution in [2.75, 3.05) is 12.4 Å². The van der Waals surface area contributed by atoms with Crippen LogP contribution >= 0.6 is 0 Å². The Morgan fingerprint density at radius 3 is 2.78 bits per heavy atom. The van der Waals surface area contributed by atoms with Gasteiger partial charge in [-0.15, -0.1) is 10.2 Å². The average molecular weight is 246 g/mol. The van der Waals surface area contributed by atoms with E-state index in [2.05, 4.69) is 25.9 Å². The van der Waals surface area contributed by atoms with E-state index in [0.29, 0.717) is 5.82 Å². The van der Waals surface area contributed by atoms with Crippen LogP contribution in [0.15, 0.2) is 24.5 Å². The highest BCUT2D eigenvalue weighted by molar-refractivity contribution is 5.91. The molecule has 2 aromatic rings. The summed E-state index contributed by atoms with van der Waals surface area (Å²) in [6.07, 6.45) is 3.58. The number of anilines is 2. The third kappa shape index (κ3) is 2.62. The normalized spacial score (nSPS) is 10.1. The van der Waals surface area contributed by atoms with Crippen LogP contribution in [0.4, 0.5) is 11.5 Å². The van der Waals surface area contributed by atoms with Crippen LogP contribution in [0.25, 0.3) is 0 Å². The van der Waals surface area contributed by atoms with Gasteiger partial charge in [0.2, 0.25) is 0 Å². The van der Waals surface area contributed by atoms with E-state index in [1.54, 1.807) is 30.1 Å². The number of nitrogens with zero attached hydrogens (tertiary/aromatic N) is 4. The molecule has 94 valence electrons. The average Bonchev–Trinajstić information content (AvgIpc) is 2.86. The molecule has 1 amide bonds. The Labute approximate surface area is 104 Å². The minimum absolute atomic E-state index is 0.257. The molecule has 0 atom stereocenters. The van der Waals surface area contributed by atoms with Crippen molar-refractivity contribution in [2.45, 2.75) is 13.5 Å². The minimum atomic E-state index is -0.257. The van der Waals surface area contributed by atoms with Gasteiger partial charge in [-0.05, 0) is 19.1 Å². The first-order valence-electron chi connectivity index (χ1n) is 5.58. The molecule has 18 heavy (non-hydrogen) atoms. The van der Waals surface area contributed by atoms with Crippen LogP contribution < -0.4 is 10.6 Å². The molecule has 0 spiro atoms. The third-order valence-electron chi connectivity index (χ3n) is 2.35. The molecule has 0 saturated carbocycles. The predicted molar refractivity (Wildman–Crippen MR) is 66.6 cm³/mol. The quantitative estimate of drug-likeness (QED) is 0.833. The molecule has 0 bridgehead atoms. The number of amides is 1. The summed E-state index contributed by atoms with van der Waals surface area (Å²) in [7, 11) is 1.55. The lowest BCUT2D eigenvalue weighted by Crippen LogP contribution is -2.19. The van der Waals surface area contributed by atoms with E-state index in [1.807, 2.05) is 13.1 Å². The Morgan fingerprint density at radius 2 is 2.22 bits per heavy atom. The Balaban J connectivity index is 2.08. The smallest absolute Gasteiger partial charge is 0.271 e. The molecule has 2 heterocycles. The number of carbonyl (C=O) groups excluding carboxylic acids is 1. The van der Waals surface area contributed by atoms with Crippen LogP contribution in [0, 0.1) is 0 Å². The zero-order valence-electron chi connectivity index (χ0n) is 10.2. The van der Waals surface area contributed by atoms with Crippen molar-refractivity contribution < 1.29 is 4.79 Å². The lowest BCUT2D eigenvalue weighted by atomic mass is 10.3. The molecule has 0 aliphatic heterocycles. The molecular weight excluding hydrogens is 232 g/mol. The number of aryl methyl sites for hydroxylation is 1. The van der Waals surface area contributed by atoms with Crippen LogP contribution in [-0.4, -0.2) is 32.9 Å². The van der Waals surface area contributed by atoms with E-state index >= 15 is 0 Å². The summed E-state index contributed by atoms with van der Waals surface area (Å²) in [5.41, 5.74) is 1.12. The van der Waals surface area contributed by atoms with E-state index in [-0.39, 0.29) is 11.6 Å². The third-order valence-corrected chi connectivity index (χ3v) is 2.35. The van der Waals surface area contributed by atoms with Gasteiger partial charge >= 0.3 is 0 Å². The van der Waals surface area contributed by atoms with Crippen molar-refractivity contribution in [1.29, 1.82) is 0 Å². The SMILES string of the molecule is CCn1cc(Nc2ccc(C(=O)NC)nn2)cn1. The molecule has 0 fully saturated rings. The predicted octanol–water partition coefficient (Wildman–Crippen LogP) is 0.796. The largest absolute Gasteiger partial charge is 0.354 e. The summed E-state index contributed by atoms with van der Waals surface area (Å²) in [5.74, 6) is 0.311. The Morgan fingerprint density at radius 1 is 1.39 bits per heavy atom. The van der Waals surface area contributed by atoms with Gasteiger partial charge in [-0.3, -0.25) is 9.48 Å². The molecule has 2 N–H and O–H groups in total. The summed E-state index contributed by atoms with van der Waals surface area (Å²) in [6.45, 7) is 2.82. The van der Waals surface area contributed by atoms with Gasteiger partial charge in [0.05, 0.1) is 11.9 Å². The molecule has 0 aromatic carbocycles. The van der Waals surface area contributed by atoms with Gasteiger partial charge in [0, 0.05) is 19.8 Å². The van der Waals surface area contributed by atoms with E-state index in [1.165, 1.54) is 0 Å². The molecule has 0 radical (unpaired) electrons. The number of aromatic nitrogens is 4. The molecule has 7 nitrogen and oxygen atoms in total. The summed E-state index contributed by atoms with van der Waals surface area (Å²) in [5, 5.41) is 17.4. The molecule has 0 unspecified atom stereocenters. The fourth-order valence-corrected chi connectivity index (χ4v) is 1.40. The van der Waals surface area contributed by atoms with Gasteiger partial charge < -0.3 is 10.6 Å². The highest BCUT2D eigenvalue weighted by Crippen LogP contribution is 2.12. The van der Waals surface area contributed by atoms with Crippen molar-refractivity contribution in [2.24, 2.45) is 0 Å².